The molecule has 0 aromatic heterocycles. The van der Waals surface area contributed by atoms with E-state index in [0.717, 1.165) is 49.5 Å². The van der Waals surface area contributed by atoms with E-state index in [0.29, 0.717) is 0 Å². The van der Waals surface area contributed by atoms with Crippen LogP contribution < -0.4 is 0 Å². The first-order valence-electron chi connectivity index (χ1n) is 13.2. The van der Waals surface area contributed by atoms with Crippen molar-refractivity contribution in [1.82, 2.24) is 0 Å². The zero-order valence-electron chi connectivity index (χ0n) is 20.1. The molecule has 0 bridgehead atoms. The average molecular weight is 423 g/mol. The van der Waals surface area contributed by atoms with Gasteiger partial charge in [0.25, 0.3) is 0 Å². The summed E-state index contributed by atoms with van der Waals surface area (Å²) in [4.78, 5) is 0. The van der Waals surface area contributed by atoms with Crippen molar-refractivity contribution in [2.45, 2.75) is 96.5 Å². The van der Waals surface area contributed by atoms with Gasteiger partial charge in [-0.1, -0.05) is 56.2 Å². The van der Waals surface area contributed by atoms with Crippen molar-refractivity contribution < 1.29 is 4.74 Å². The lowest BCUT2D eigenvalue weighted by Crippen LogP contribution is -2.25. The molecule has 0 amide bonds. The molecule has 0 saturated heterocycles. The van der Waals surface area contributed by atoms with Crippen molar-refractivity contribution in [3.63, 3.8) is 0 Å². The lowest BCUT2D eigenvalue weighted by molar-refractivity contribution is 0.0488. The van der Waals surface area contributed by atoms with Crippen LogP contribution in [0.5, 0.6) is 0 Å². The lowest BCUT2D eigenvalue weighted by atomic mass is 9.68. The number of aryl methyl sites for hydroxylation is 1. The van der Waals surface area contributed by atoms with E-state index in [1.807, 2.05) is 6.08 Å². The second-order valence-corrected chi connectivity index (χ2v) is 10.2. The van der Waals surface area contributed by atoms with Gasteiger partial charge in [-0.3, -0.25) is 0 Å². The molecular weight excluding hydrogens is 376 g/mol. The van der Waals surface area contributed by atoms with Gasteiger partial charge in [0, 0.05) is 6.61 Å². The molecular formula is C30H46O. The van der Waals surface area contributed by atoms with Crippen LogP contribution in [0.4, 0.5) is 0 Å². The van der Waals surface area contributed by atoms with Crippen LogP contribution in [0.2, 0.25) is 0 Å². The highest BCUT2D eigenvalue weighted by molar-refractivity contribution is 5.24. The van der Waals surface area contributed by atoms with Crippen LogP contribution >= 0.6 is 0 Å². The number of allylic oxidation sites excluding steroid dienone is 2. The smallest absolute Gasteiger partial charge is 0.0822 e. The van der Waals surface area contributed by atoms with Crippen LogP contribution in [0.25, 0.3) is 0 Å². The largest absolute Gasteiger partial charge is 0.374 e. The second kappa shape index (κ2) is 13.3. The Bertz CT molecular complexity index is 629. The van der Waals surface area contributed by atoms with Crippen molar-refractivity contribution in [2.24, 2.45) is 23.7 Å². The van der Waals surface area contributed by atoms with Crippen molar-refractivity contribution >= 4 is 0 Å². The molecule has 1 nitrogen and oxygen atoms in total. The summed E-state index contributed by atoms with van der Waals surface area (Å²) < 4.78 is 6.09. The van der Waals surface area contributed by atoms with Gasteiger partial charge in [-0.15, -0.1) is 13.2 Å². The third-order valence-corrected chi connectivity index (χ3v) is 8.14. The van der Waals surface area contributed by atoms with Crippen molar-refractivity contribution in [3.8, 4) is 0 Å². The van der Waals surface area contributed by atoms with Gasteiger partial charge in [0.2, 0.25) is 0 Å². The van der Waals surface area contributed by atoms with Gasteiger partial charge in [0.1, 0.15) is 0 Å². The molecule has 2 fully saturated rings. The van der Waals surface area contributed by atoms with Gasteiger partial charge < -0.3 is 4.74 Å². The molecule has 2 saturated carbocycles. The first-order chi connectivity index (χ1) is 15.2. The minimum atomic E-state index is 0.232. The summed E-state index contributed by atoms with van der Waals surface area (Å²) in [6, 6.07) is 9.28. The maximum atomic E-state index is 6.09. The first kappa shape index (κ1) is 24.3. The van der Waals surface area contributed by atoms with Crippen LogP contribution in [0, 0.1) is 23.7 Å². The number of hydrogen-bond acceptors (Lipinski definition) is 1. The quantitative estimate of drug-likeness (QED) is 0.241. The Labute approximate surface area is 192 Å². The predicted molar refractivity (Wildman–Crippen MR) is 134 cm³/mol. The number of unbranched alkanes of at least 4 members (excludes halogenated alkanes) is 1. The molecule has 172 valence electrons. The van der Waals surface area contributed by atoms with E-state index in [9.17, 15) is 0 Å². The molecule has 0 heterocycles. The Kier molecular flexibility index (Phi) is 10.4. The summed E-state index contributed by atoms with van der Waals surface area (Å²) >= 11 is 0. The van der Waals surface area contributed by atoms with Gasteiger partial charge in [0.05, 0.1) is 6.10 Å². The van der Waals surface area contributed by atoms with Crippen LogP contribution in [-0.2, 0) is 11.2 Å². The van der Waals surface area contributed by atoms with Crippen LogP contribution in [0.3, 0.4) is 0 Å². The summed E-state index contributed by atoms with van der Waals surface area (Å²) in [5.41, 5.74) is 2.83. The standard InChI is InChI=1S/C30H46O/c1-4-7-8-23-31-30(6-3)29-21-15-26(16-22-29)10-9-25-13-19-28(20-14-25)27-17-11-24(5-2)12-18-27/h4-5,15-16,21-22,24-25,27-28,30H,1-2,6-14,17-20,23H2,3H3/t24-,25-,27-,28-,30?. The monoisotopic (exact) mass is 422 g/mol. The number of rotatable bonds is 12. The highest BCUT2D eigenvalue weighted by atomic mass is 16.5. The van der Waals surface area contributed by atoms with Gasteiger partial charge in [-0.05, 0) is 105 Å². The van der Waals surface area contributed by atoms with E-state index in [2.05, 4.69) is 50.4 Å². The molecule has 1 aromatic rings. The van der Waals surface area contributed by atoms with E-state index in [1.165, 1.54) is 75.3 Å². The molecule has 1 heteroatoms. The molecule has 1 unspecified atom stereocenters. The van der Waals surface area contributed by atoms with Gasteiger partial charge in [0.15, 0.2) is 0 Å². The number of ether oxygens (including phenoxy) is 1. The van der Waals surface area contributed by atoms with Crippen LogP contribution in [-0.4, -0.2) is 6.61 Å². The van der Waals surface area contributed by atoms with E-state index in [4.69, 9.17) is 4.74 Å². The molecule has 2 aliphatic carbocycles. The van der Waals surface area contributed by atoms with Crippen molar-refractivity contribution in [3.05, 3.63) is 60.7 Å². The summed E-state index contributed by atoms with van der Waals surface area (Å²) in [5, 5.41) is 0. The van der Waals surface area contributed by atoms with E-state index >= 15 is 0 Å². The number of hydrogen-bond donors (Lipinski definition) is 0. The first-order valence-corrected chi connectivity index (χ1v) is 13.2. The van der Waals surface area contributed by atoms with Gasteiger partial charge in [-0.25, -0.2) is 0 Å². The third kappa shape index (κ3) is 7.63. The molecule has 0 aliphatic heterocycles. The Hall–Kier alpha value is -1.34. The molecule has 0 N–H and O–H groups in total. The summed E-state index contributed by atoms with van der Waals surface area (Å²) in [6.45, 7) is 10.8. The third-order valence-electron chi connectivity index (χ3n) is 8.14. The van der Waals surface area contributed by atoms with Crippen LogP contribution in [0.1, 0.15) is 101 Å². The van der Waals surface area contributed by atoms with Gasteiger partial charge in [-0.2, -0.15) is 0 Å². The Morgan fingerprint density at radius 3 is 2.16 bits per heavy atom. The van der Waals surface area contributed by atoms with Crippen molar-refractivity contribution in [2.75, 3.05) is 6.61 Å². The molecule has 0 spiro atoms. The van der Waals surface area contributed by atoms with Gasteiger partial charge >= 0.3 is 0 Å². The van der Waals surface area contributed by atoms with Crippen LogP contribution in [0.15, 0.2) is 49.6 Å². The topological polar surface area (TPSA) is 9.23 Å². The lowest BCUT2D eigenvalue weighted by Gasteiger charge is -2.37. The molecule has 1 atom stereocenters. The summed E-state index contributed by atoms with van der Waals surface area (Å²) in [6.07, 6.45) is 21.7. The normalized spacial score (nSPS) is 27.5. The maximum Gasteiger partial charge on any atom is 0.0822 e. The van der Waals surface area contributed by atoms with Crippen molar-refractivity contribution in [1.29, 1.82) is 0 Å². The molecule has 1 aromatic carbocycles. The SMILES string of the molecule is C=CCCCOC(CC)c1ccc(CC[C@H]2CC[C@H]([C@H]3CC[C@H](C=C)CC3)CC2)cc1. The molecule has 0 radical (unpaired) electrons. The highest BCUT2D eigenvalue weighted by Gasteiger charge is 2.30. The summed E-state index contributed by atoms with van der Waals surface area (Å²) in [7, 11) is 0. The van der Waals surface area contributed by atoms with E-state index in [-0.39, 0.29) is 6.10 Å². The minimum Gasteiger partial charge on any atom is -0.374 e. The zero-order valence-corrected chi connectivity index (χ0v) is 20.1. The fraction of sp³-hybridized carbons (Fsp3) is 0.667. The minimum absolute atomic E-state index is 0.232. The Balaban J connectivity index is 1.37. The highest BCUT2D eigenvalue weighted by Crippen LogP contribution is 2.42. The zero-order chi connectivity index (χ0) is 21.9. The second-order valence-electron chi connectivity index (χ2n) is 10.2. The maximum absolute atomic E-state index is 6.09. The Morgan fingerprint density at radius 1 is 0.935 bits per heavy atom. The molecule has 31 heavy (non-hydrogen) atoms. The molecule has 2 aliphatic rings. The molecule has 3 rings (SSSR count). The Morgan fingerprint density at radius 2 is 1.58 bits per heavy atom. The average Bonchev–Trinajstić information content (AvgIpc) is 2.84. The number of benzene rings is 1. The predicted octanol–water partition coefficient (Wildman–Crippen LogP) is 8.85. The fourth-order valence-corrected chi connectivity index (χ4v) is 5.97. The summed E-state index contributed by atoms with van der Waals surface area (Å²) in [5.74, 6) is 3.77. The fourth-order valence-electron chi connectivity index (χ4n) is 5.97. The van der Waals surface area contributed by atoms with E-state index in [1.54, 1.807) is 0 Å². The van der Waals surface area contributed by atoms with E-state index < -0.39 is 0 Å².